The molecule has 0 saturated carbocycles. The predicted octanol–water partition coefficient (Wildman–Crippen LogP) is 12.1. The van der Waals surface area contributed by atoms with Gasteiger partial charge in [0.25, 0.3) is 0 Å². The number of nitrogens with zero attached hydrogens (tertiary/aromatic N) is 1. The second-order valence-electron chi connectivity index (χ2n) is 14.1. The lowest BCUT2D eigenvalue weighted by molar-refractivity contribution is 0.246. The average Bonchev–Trinajstić information content (AvgIpc) is 3.06. The molecule has 51 heavy (non-hydrogen) atoms. The summed E-state index contributed by atoms with van der Waals surface area (Å²) in [5.41, 5.74) is 13.9. The monoisotopic (exact) mass is 721 g/mol. The lowest BCUT2D eigenvalue weighted by Crippen LogP contribution is -2.14. The van der Waals surface area contributed by atoms with Crippen molar-refractivity contribution in [2.45, 2.75) is 87.7 Å². The summed E-state index contributed by atoms with van der Waals surface area (Å²) in [4.78, 5) is 4.68. The highest BCUT2D eigenvalue weighted by molar-refractivity contribution is 7.43. The first-order valence-corrected chi connectivity index (χ1v) is 19.6. The van der Waals surface area contributed by atoms with Crippen LogP contribution >= 0.6 is 17.2 Å². The standard InChI is InChI=1S/C42H45NO6P2/c1-23-14-27(5)39-33(18-23)31(9)34-19-24(2)15-28(6)40(34)47-50(46-39)44-22-37-38(12-11-13-43-37)45-51-48-41-29(7)16-25(3)20-35(41)32(10)36-21-26(4)17-30(8)42(36)49-51/h11-21,31-32H,22H2,1-10H3. The predicted molar refractivity (Wildman–Crippen MR) is 205 cm³/mol. The third-order valence-electron chi connectivity index (χ3n) is 9.65. The van der Waals surface area contributed by atoms with Crippen molar-refractivity contribution in [3.8, 4) is 28.7 Å². The molecule has 0 amide bonds. The van der Waals surface area contributed by atoms with E-state index in [0.717, 1.165) is 67.5 Å². The number of pyridine rings is 1. The van der Waals surface area contributed by atoms with Crippen LogP contribution in [0, 0.1) is 55.4 Å². The van der Waals surface area contributed by atoms with Gasteiger partial charge in [0, 0.05) is 40.3 Å². The van der Waals surface area contributed by atoms with Gasteiger partial charge in [0.2, 0.25) is 0 Å². The fraction of sp³-hybridized carbons (Fsp3) is 0.310. The molecule has 0 saturated heterocycles. The smallest absolute Gasteiger partial charge is 0.417 e. The number of fused-ring (bicyclic) bond motifs is 4. The van der Waals surface area contributed by atoms with E-state index in [1.807, 2.05) is 12.1 Å². The van der Waals surface area contributed by atoms with E-state index < -0.39 is 17.2 Å². The van der Waals surface area contributed by atoms with Gasteiger partial charge in [0.1, 0.15) is 35.3 Å². The lowest BCUT2D eigenvalue weighted by Gasteiger charge is -2.30. The Morgan fingerprint density at radius 1 is 0.549 bits per heavy atom. The number of hydrogen-bond acceptors (Lipinski definition) is 7. The summed E-state index contributed by atoms with van der Waals surface area (Å²) >= 11 is 0. The molecule has 9 heteroatoms. The molecular weight excluding hydrogens is 676 g/mol. The minimum Gasteiger partial charge on any atom is -0.417 e. The van der Waals surface area contributed by atoms with Crippen molar-refractivity contribution < 1.29 is 27.1 Å². The van der Waals surface area contributed by atoms with Gasteiger partial charge in [-0.05, 0) is 89.8 Å². The maximum absolute atomic E-state index is 6.66. The van der Waals surface area contributed by atoms with Crippen LogP contribution in [0.15, 0.2) is 66.9 Å². The Kier molecular flexibility index (Phi) is 9.76. The van der Waals surface area contributed by atoms with E-state index in [9.17, 15) is 0 Å². The maximum atomic E-state index is 6.66. The molecule has 0 unspecified atom stereocenters. The van der Waals surface area contributed by atoms with Crippen molar-refractivity contribution in [3.63, 3.8) is 0 Å². The van der Waals surface area contributed by atoms with Gasteiger partial charge >= 0.3 is 17.2 Å². The number of benzene rings is 4. The van der Waals surface area contributed by atoms with Crippen molar-refractivity contribution in [1.82, 2.24) is 4.98 Å². The second-order valence-corrected chi connectivity index (χ2v) is 16.1. The molecule has 0 atom stereocenters. The third kappa shape index (κ3) is 7.05. The Morgan fingerprint density at radius 3 is 1.31 bits per heavy atom. The van der Waals surface area contributed by atoms with Gasteiger partial charge in [-0.25, -0.2) is 0 Å². The highest BCUT2D eigenvalue weighted by Gasteiger charge is 2.34. The molecule has 0 fully saturated rings. The number of aryl methyl sites for hydroxylation is 8. The quantitative estimate of drug-likeness (QED) is 0.167. The van der Waals surface area contributed by atoms with Crippen LogP contribution in [-0.2, 0) is 11.1 Å². The zero-order valence-corrected chi connectivity index (χ0v) is 32.8. The maximum Gasteiger partial charge on any atom is 0.530 e. The number of aromatic nitrogens is 1. The molecule has 4 aromatic carbocycles. The van der Waals surface area contributed by atoms with Crippen LogP contribution in [-0.4, -0.2) is 4.98 Å². The Morgan fingerprint density at radius 2 is 0.922 bits per heavy atom. The van der Waals surface area contributed by atoms with Gasteiger partial charge in [-0.15, -0.1) is 0 Å². The largest absolute Gasteiger partial charge is 0.530 e. The molecule has 0 bridgehead atoms. The Hall–Kier alpha value is -4.15. The molecule has 5 aromatic rings. The third-order valence-corrected chi connectivity index (χ3v) is 11.7. The van der Waals surface area contributed by atoms with Crippen molar-refractivity contribution in [3.05, 3.63) is 139 Å². The molecule has 264 valence electrons. The normalized spacial score (nSPS) is 19.2. The molecular formula is C42H45NO6P2. The first-order chi connectivity index (χ1) is 24.4. The van der Waals surface area contributed by atoms with Gasteiger partial charge in [-0.3, -0.25) is 9.51 Å². The minimum atomic E-state index is -1.93. The zero-order valence-electron chi connectivity index (χ0n) is 31.0. The Bertz CT molecular complexity index is 2030. The van der Waals surface area contributed by atoms with Crippen LogP contribution in [0.2, 0.25) is 0 Å². The lowest BCUT2D eigenvalue weighted by atomic mass is 9.87. The summed E-state index contributed by atoms with van der Waals surface area (Å²) in [5, 5.41) is 0. The molecule has 2 aliphatic heterocycles. The Balaban J connectivity index is 1.21. The van der Waals surface area contributed by atoms with Crippen LogP contribution in [0.1, 0.15) is 98.1 Å². The summed E-state index contributed by atoms with van der Waals surface area (Å²) in [6, 6.07) is 21.1. The van der Waals surface area contributed by atoms with Gasteiger partial charge in [0.05, 0.1) is 0 Å². The van der Waals surface area contributed by atoms with Crippen LogP contribution in [0.5, 0.6) is 28.7 Å². The fourth-order valence-electron chi connectivity index (χ4n) is 7.30. The summed E-state index contributed by atoms with van der Waals surface area (Å²) in [7, 11) is -3.79. The summed E-state index contributed by atoms with van der Waals surface area (Å²) in [6.07, 6.45) is 1.73. The van der Waals surface area contributed by atoms with Gasteiger partial charge in [0.15, 0.2) is 5.75 Å². The second kappa shape index (κ2) is 14.1. The molecule has 7 nitrogen and oxygen atoms in total. The molecule has 0 N–H and O–H groups in total. The van der Waals surface area contributed by atoms with Crippen LogP contribution in [0.3, 0.4) is 0 Å². The molecule has 0 aliphatic carbocycles. The van der Waals surface area contributed by atoms with Crippen molar-refractivity contribution >= 4 is 17.2 Å². The van der Waals surface area contributed by atoms with Crippen molar-refractivity contribution in [1.29, 1.82) is 0 Å². The van der Waals surface area contributed by atoms with Crippen LogP contribution < -0.4 is 22.6 Å². The highest BCUT2D eigenvalue weighted by Crippen LogP contribution is 2.54. The van der Waals surface area contributed by atoms with Crippen LogP contribution in [0.25, 0.3) is 0 Å². The van der Waals surface area contributed by atoms with E-state index in [1.54, 1.807) is 6.20 Å². The first kappa shape index (κ1) is 35.3. The molecule has 1 aromatic heterocycles. The molecule has 0 radical (unpaired) electrons. The van der Waals surface area contributed by atoms with E-state index in [0.29, 0.717) is 11.4 Å². The first-order valence-electron chi connectivity index (χ1n) is 17.4. The van der Waals surface area contributed by atoms with Crippen molar-refractivity contribution in [2.75, 3.05) is 0 Å². The average molecular weight is 722 g/mol. The number of hydrogen-bond donors (Lipinski definition) is 0. The highest BCUT2D eigenvalue weighted by atomic mass is 31.2. The minimum absolute atomic E-state index is 0.0659. The van der Waals surface area contributed by atoms with E-state index in [-0.39, 0.29) is 18.4 Å². The summed E-state index contributed by atoms with van der Waals surface area (Å²) in [5.74, 6) is 3.81. The Labute approximate surface area is 304 Å². The van der Waals surface area contributed by atoms with E-state index >= 15 is 0 Å². The zero-order chi connectivity index (χ0) is 36.1. The fourth-order valence-corrected chi connectivity index (χ4v) is 9.71. The molecule has 3 heterocycles. The van der Waals surface area contributed by atoms with Gasteiger partial charge in [-0.2, -0.15) is 0 Å². The van der Waals surface area contributed by atoms with E-state index in [2.05, 4.69) is 123 Å². The molecule has 2 aliphatic rings. The van der Waals surface area contributed by atoms with Crippen LogP contribution in [0.4, 0.5) is 0 Å². The van der Waals surface area contributed by atoms with Gasteiger partial charge < -0.3 is 22.6 Å². The number of rotatable bonds is 5. The molecule has 0 spiro atoms. The summed E-state index contributed by atoms with van der Waals surface area (Å²) < 4.78 is 39.7. The van der Waals surface area contributed by atoms with Crippen molar-refractivity contribution in [2.24, 2.45) is 0 Å². The topological polar surface area (TPSA) is 68.3 Å². The van der Waals surface area contributed by atoms with Gasteiger partial charge in [-0.1, -0.05) is 84.6 Å². The van der Waals surface area contributed by atoms with E-state index in [4.69, 9.17) is 27.1 Å². The summed E-state index contributed by atoms with van der Waals surface area (Å²) in [6.45, 7) is 21.2. The van der Waals surface area contributed by atoms with E-state index in [1.165, 1.54) is 22.3 Å². The molecule has 7 rings (SSSR count). The SMILES string of the molecule is Cc1cc(C)c2c(c1)C(C)c1cc(C)cc(C)c1OP(OCc1ncccc1OP1Oc3c(C)cc(C)cc3C(C)c3cc(C)cc(C)c3O1)O2.